The van der Waals surface area contributed by atoms with Gasteiger partial charge < -0.3 is 5.73 Å². The van der Waals surface area contributed by atoms with Crippen molar-refractivity contribution in [1.82, 2.24) is 0 Å². The largest absolute Gasteiger partial charge is 0.384 e. The Morgan fingerprint density at radius 3 is 2.44 bits per heavy atom. The van der Waals surface area contributed by atoms with Crippen LogP contribution in [0.4, 0.5) is 10.1 Å². The highest BCUT2D eigenvalue weighted by molar-refractivity contribution is 7.98. The topological polar surface area (TPSA) is 70.1 Å². The summed E-state index contributed by atoms with van der Waals surface area (Å²) in [4.78, 5) is 16.3. The van der Waals surface area contributed by atoms with Gasteiger partial charge in [0.1, 0.15) is 11.6 Å². The molecule has 1 atom stereocenters. The number of anilines is 1. The lowest BCUT2D eigenvalue weighted by Gasteiger charge is -2.40. The molecule has 0 saturated heterocycles. The second-order valence-corrected chi connectivity index (χ2v) is 11.7. The van der Waals surface area contributed by atoms with Gasteiger partial charge in [0, 0.05) is 38.4 Å². The molecule has 198 valence electrons. The number of halogens is 3. The van der Waals surface area contributed by atoms with Crippen molar-refractivity contribution in [2.75, 3.05) is 4.90 Å². The molecule has 2 aliphatic rings. The van der Waals surface area contributed by atoms with Crippen LogP contribution in [0.1, 0.15) is 47.4 Å². The summed E-state index contributed by atoms with van der Waals surface area (Å²) in [6, 6.07) is 18.0. The molecule has 1 aliphatic carbocycles. The Labute approximate surface area is 241 Å². The third-order valence-electron chi connectivity index (χ3n) is 7.24. The van der Waals surface area contributed by atoms with E-state index in [-0.39, 0.29) is 17.4 Å². The Morgan fingerprint density at radius 2 is 1.77 bits per heavy atom. The van der Waals surface area contributed by atoms with Crippen molar-refractivity contribution >= 4 is 46.4 Å². The van der Waals surface area contributed by atoms with E-state index in [2.05, 4.69) is 18.2 Å². The van der Waals surface area contributed by atoms with E-state index in [0.717, 1.165) is 32.8 Å². The van der Waals surface area contributed by atoms with Crippen LogP contribution in [0.15, 0.2) is 82.2 Å². The first-order valence-corrected chi connectivity index (χ1v) is 14.3. The summed E-state index contributed by atoms with van der Waals surface area (Å²) in [5.41, 5.74) is 13.1. The summed E-state index contributed by atoms with van der Waals surface area (Å²) in [7, 11) is 0. The first kappa shape index (κ1) is 27.3. The number of hydrogen-bond acceptors (Lipinski definition) is 5. The Hall–Kier alpha value is -3.24. The lowest BCUT2D eigenvalue weighted by Crippen LogP contribution is -2.39. The van der Waals surface area contributed by atoms with E-state index >= 15 is 0 Å². The molecule has 8 heteroatoms. The molecule has 0 bridgehead atoms. The van der Waals surface area contributed by atoms with E-state index in [4.69, 9.17) is 28.9 Å². The fraction of sp³-hybridized carbons (Fsp3) is 0.226. The zero-order chi connectivity index (χ0) is 27.8. The maximum Gasteiger partial charge on any atom is 0.161 e. The standard InChI is InChI=1S/C31H26Cl2FN3OS/c1-17-10-19(16-39-24-8-6-22(34)7-9-24)18(2)25(11-17)29-26(15-35)31(36)37(23-13-20(32)12-21(33)14-23)27-4-3-5-28(38)30(27)29/h6-14,29H,3-5,16,36H2,1-2H3. The zero-order valence-electron chi connectivity index (χ0n) is 21.5. The normalized spacial score (nSPS) is 17.4. The fourth-order valence-corrected chi connectivity index (χ4v) is 6.93. The van der Waals surface area contributed by atoms with Crippen molar-refractivity contribution in [3.8, 4) is 6.07 Å². The lowest BCUT2D eigenvalue weighted by molar-refractivity contribution is -0.116. The summed E-state index contributed by atoms with van der Waals surface area (Å²) >= 11 is 14.2. The summed E-state index contributed by atoms with van der Waals surface area (Å²) in [5, 5.41) is 11.3. The van der Waals surface area contributed by atoms with Gasteiger partial charge >= 0.3 is 0 Å². The van der Waals surface area contributed by atoms with Gasteiger partial charge in [0.25, 0.3) is 0 Å². The number of thioether (sulfide) groups is 1. The van der Waals surface area contributed by atoms with Crippen LogP contribution in [0.25, 0.3) is 0 Å². The number of ketones is 1. The van der Waals surface area contributed by atoms with Crippen molar-refractivity contribution < 1.29 is 9.18 Å². The molecule has 0 radical (unpaired) electrons. The number of benzene rings is 3. The Bertz CT molecular complexity index is 1570. The molecule has 0 aromatic heterocycles. The van der Waals surface area contributed by atoms with Crippen molar-refractivity contribution in [1.29, 1.82) is 5.26 Å². The van der Waals surface area contributed by atoms with Crippen molar-refractivity contribution in [3.63, 3.8) is 0 Å². The molecular weight excluding hydrogens is 552 g/mol. The maximum atomic E-state index is 13.6. The number of Topliss-reactive ketones (excluding diaryl/α,β-unsaturated/α-hetero) is 1. The molecule has 3 aromatic carbocycles. The van der Waals surface area contributed by atoms with Gasteiger partial charge in [-0.15, -0.1) is 11.8 Å². The van der Waals surface area contributed by atoms with Crippen LogP contribution in [-0.2, 0) is 10.5 Å². The van der Waals surface area contributed by atoms with Crippen LogP contribution in [0.2, 0.25) is 10.0 Å². The van der Waals surface area contributed by atoms with Crippen LogP contribution >= 0.6 is 35.0 Å². The fourth-order valence-electron chi connectivity index (χ4n) is 5.47. The number of nitrogens with zero attached hydrogens (tertiary/aromatic N) is 2. The first-order chi connectivity index (χ1) is 18.7. The SMILES string of the molecule is Cc1cc(CSc2ccc(F)cc2)c(C)c(C2C(C#N)=C(N)N(c3cc(Cl)cc(Cl)c3)C3=C2C(=O)CCC3)c1. The Kier molecular flexibility index (Phi) is 7.77. The van der Waals surface area contributed by atoms with Gasteiger partial charge in [-0.2, -0.15) is 5.26 Å². The molecule has 1 heterocycles. The van der Waals surface area contributed by atoms with Gasteiger partial charge in [-0.1, -0.05) is 40.9 Å². The molecule has 1 unspecified atom stereocenters. The van der Waals surface area contributed by atoms with Gasteiger partial charge in [0.05, 0.1) is 23.2 Å². The van der Waals surface area contributed by atoms with Crippen LogP contribution in [0.5, 0.6) is 0 Å². The average Bonchev–Trinajstić information content (AvgIpc) is 2.89. The van der Waals surface area contributed by atoms with Crippen LogP contribution in [-0.4, -0.2) is 5.78 Å². The Morgan fingerprint density at radius 1 is 1.08 bits per heavy atom. The van der Waals surface area contributed by atoms with Gasteiger partial charge in [-0.25, -0.2) is 4.39 Å². The quantitative estimate of drug-likeness (QED) is 0.308. The highest BCUT2D eigenvalue weighted by Gasteiger charge is 2.41. The second-order valence-electron chi connectivity index (χ2n) is 9.82. The summed E-state index contributed by atoms with van der Waals surface area (Å²) < 4.78 is 13.4. The molecule has 1 aliphatic heterocycles. The van der Waals surface area contributed by atoms with Gasteiger partial charge in [0.15, 0.2) is 5.78 Å². The van der Waals surface area contributed by atoms with E-state index in [1.54, 1.807) is 47.0 Å². The lowest BCUT2D eigenvalue weighted by atomic mass is 9.73. The molecule has 3 aromatic rings. The minimum atomic E-state index is -0.571. The average molecular weight is 579 g/mol. The molecule has 0 saturated carbocycles. The van der Waals surface area contributed by atoms with Crippen LogP contribution in [0, 0.1) is 31.0 Å². The summed E-state index contributed by atoms with van der Waals surface area (Å²) in [5.74, 6) is 0.111. The summed E-state index contributed by atoms with van der Waals surface area (Å²) in [6.45, 7) is 4.03. The van der Waals surface area contributed by atoms with E-state index in [0.29, 0.717) is 51.9 Å². The molecule has 0 spiro atoms. The Balaban J connectivity index is 1.64. The molecular formula is C31H26Cl2FN3OS. The first-order valence-electron chi connectivity index (χ1n) is 12.6. The number of nitrogens with two attached hydrogens (primary N) is 1. The molecule has 0 amide bonds. The molecule has 39 heavy (non-hydrogen) atoms. The minimum absolute atomic E-state index is 0.0165. The van der Waals surface area contributed by atoms with Crippen molar-refractivity contribution in [2.45, 2.75) is 49.7 Å². The highest BCUT2D eigenvalue weighted by Crippen LogP contribution is 2.48. The maximum absolute atomic E-state index is 13.6. The highest BCUT2D eigenvalue weighted by atomic mass is 35.5. The zero-order valence-corrected chi connectivity index (χ0v) is 23.9. The second kappa shape index (κ2) is 11.1. The summed E-state index contributed by atoms with van der Waals surface area (Å²) in [6.07, 6.45) is 1.74. The van der Waals surface area contributed by atoms with E-state index < -0.39 is 5.92 Å². The van der Waals surface area contributed by atoms with Crippen LogP contribution in [0.3, 0.4) is 0 Å². The predicted octanol–water partition coefficient (Wildman–Crippen LogP) is 8.35. The number of nitriles is 1. The molecule has 5 rings (SSSR count). The molecule has 0 fully saturated rings. The third-order valence-corrected chi connectivity index (χ3v) is 8.73. The van der Waals surface area contributed by atoms with Crippen molar-refractivity contribution in [2.24, 2.45) is 5.73 Å². The number of rotatable bonds is 5. The monoisotopic (exact) mass is 577 g/mol. The number of aryl methyl sites for hydroxylation is 1. The van der Waals surface area contributed by atoms with Gasteiger partial charge in [0.2, 0.25) is 0 Å². The predicted molar refractivity (Wildman–Crippen MR) is 156 cm³/mol. The van der Waals surface area contributed by atoms with Crippen LogP contribution < -0.4 is 10.6 Å². The number of allylic oxidation sites excluding steroid dienone is 3. The minimum Gasteiger partial charge on any atom is -0.384 e. The van der Waals surface area contributed by atoms with Gasteiger partial charge in [-0.05, 0) is 85.8 Å². The number of carbonyl (C=O) groups excluding carboxylic acids is 1. The van der Waals surface area contributed by atoms with Gasteiger partial charge in [-0.3, -0.25) is 9.69 Å². The molecule has 2 N–H and O–H groups in total. The smallest absolute Gasteiger partial charge is 0.161 e. The van der Waals surface area contributed by atoms with E-state index in [9.17, 15) is 14.4 Å². The van der Waals surface area contributed by atoms with E-state index in [1.807, 2.05) is 13.8 Å². The number of carbonyl (C=O) groups is 1. The van der Waals surface area contributed by atoms with Crippen molar-refractivity contribution in [3.05, 3.63) is 115 Å². The third kappa shape index (κ3) is 5.32. The van der Waals surface area contributed by atoms with E-state index in [1.165, 1.54) is 12.1 Å². The number of hydrogen-bond donors (Lipinski definition) is 1. The molecule has 4 nitrogen and oxygen atoms in total.